The lowest BCUT2D eigenvalue weighted by Crippen LogP contribution is -2.17. The Kier molecular flexibility index (Phi) is 2.80. The molecule has 0 aliphatic carbocycles. The molecule has 2 N–H and O–H groups in total. The van der Waals surface area contributed by atoms with Crippen molar-refractivity contribution in [3.63, 3.8) is 0 Å². The number of rotatable bonds is 2. The Morgan fingerprint density at radius 3 is 2.36 bits per heavy atom. The first kappa shape index (κ1) is 10.6. The molecule has 1 rings (SSSR count). The van der Waals surface area contributed by atoms with E-state index in [0.717, 1.165) is 6.20 Å². The molecule has 0 amide bonds. The lowest BCUT2D eigenvalue weighted by molar-refractivity contribution is -0.141. The van der Waals surface area contributed by atoms with E-state index >= 15 is 0 Å². The highest BCUT2D eigenvalue weighted by Crippen LogP contribution is 2.26. The molecule has 0 saturated carbocycles. The Bertz CT molecular complexity index is 333. The summed E-state index contributed by atoms with van der Waals surface area (Å²) >= 11 is 0. The van der Waals surface area contributed by atoms with E-state index in [-0.39, 0.29) is 12.2 Å². The third-order valence-electron chi connectivity index (χ3n) is 1.41. The van der Waals surface area contributed by atoms with Crippen LogP contribution in [0.4, 0.5) is 13.2 Å². The van der Waals surface area contributed by atoms with Crippen molar-refractivity contribution in [1.82, 2.24) is 9.97 Å². The third-order valence-corrected chi connectivity index (χ3v) is 1.41. The second-order valence-corrected chi connectivity index (χ2v) is 2.41. The molecule has 1 heterocycles. The number of alkyl halides is 3. The number of carbonyl (C=O) groups excluding carboxylic acids is 1. The first-order valence-corrected chi connectivity index (χ1v) is 3.57. The topological polar surface area (TPSA) is 68.9 Å². The maximum atomic E-state index is 12.0. The predicted molar refractivity (Wildman–Crippen MR) is 40.4 cm³/mol. The molecule has 0 aliphatic heterocycles. The zero-order valence-corrected chi connectivity index (χ0v) is 6.88. The van der Waals surface area contributed by atoms with Gasteiger partial charge in [-0.25, -0.2) is 9.97 Å². The van der Waals surface area contributed by atoms with Crippen LogP contribution in [0.25, 0.3) is 0 Å². The van der Waals surface area contributed by atoms with Crippen molar-refractivity contribution < 1.29 is 18.0 Å². The second-order valence-electron chi connectivity index (χ2n) is 2.41. The van der Waals surface area contributed by atoms with Gasteiger partial charge in [-0.2, -0.15) is 13.2 Å². The van der Waals surface area contributed by atoms with Gasteiger partial charge in [-0.15, -0.1) is 0 Å². The number of halogens is 3. The molecule has 0 atom stereocenters. The maximum absolute atomic E-state index is 12.0. The summed E-state index contributed by atoms with van der Waals surface area (Å²) in [5, 5.41) is 0. The minimum Gasteiger partial charge on any atom is -0.324 e. The van der Waals surface area contributed by atoms with Crippen LogP contribution in [0.5, 0.6) is 0 Å². The number of hydrogen-bond donors (Lipinski definition) is 1. The average molecular weight is 205 g/mol. The van der Waals surface area contributed by atoms with Gasteiger partial charge in [0.05, 0.1) is 18.9 Å². The minimum atomic E-state index is -4.54. The molecule has 0 aliphatic rings. The van der Waals surface area contributed by atoms with Crippen molar-refractivity contribution >= 4 is 5.78 Å². The van der Waals surface area contributed by atoms with Crippen molar-refractivity contribution in [3.8, 4) is 0 Å². The molecule has 1 aromatic heterocycles. The highest BCUT2D eigenvalue weighted by atomic mass is 19.4. The second kappa shape index (κ2) is 3.70. The van der Waals surface area contributed by atoms with Crippen LogP contribution in [-0.4, -0.2) is 22.3 Å². The van der Waals surface area contributed by atoms with Crippen molar-refractivity contribution in [2.24, 2.45) is 5.73 Å². The van der Waals surface area contributed by atoms with Crippen LogP contribution < -0.4 is 5.73 Å². The summed E-state index contributed by atoms with van der Waals surface area (Å²) in [5.74, 6) is -0.550. The number of hydrogen-bond acceptors (Lipinski definition) is 4. The van der Waals surface area contributed by atoms with Crippen molar-refractivity contribution in [2.45, 2.75) is 6.18 Å². The summed E-state index contributed by atoms with van der Waals surface area (Å²) in [4.78, 5) is 17.2. The standard InChI is InChI=1S/C7H6F3N3O/c8-7(9,10)6-3-12-4(2-13-6)5(14)1-11/h2-3H,1,11H2. The van der Waals surface area contributed by atoms with Gasteiger partial charge in [-0.05, 0) is 0 Å². The number of nitrogens with zero attached hydrogens (tertiary/aromatic N) is 2. The molecular weight excluding hydrogens is 199 g/mol. The fraction of sp³-hybridized carbons (Fsp3) is 0.286. The van der Waals surface area contributed by atoms with E-state index in [1.54, 1.807) is 0 Å². The molecule has 0 saturated heterocycles. The molecule has 0 aromatic carbocycles. The molecule has 4 nitrogen and oxygen atoms in total. The van der Waals surface area contributed by atoms with Crippen molar-refractivity contribution in [2.75, 3.05) is 6.54 Å². The Hall–Kier alpha value is -1.50. The van der Waals surface area contributed by atoms with E-state index in [1.165, 1.54) is 0 Å². The van der Waals surface area contributed by atoms with Crippen molar-refractivity contribution in [3.05, 3.63) is 23.8 Å². The number of Topliss-reactive ketones (excluding diaryl/α,β-unsaturated/α-hetero) is 1. The summed E-state index contributed by atoms with van der Waals surface area (Å²) in [6.07, 6.45) is -3.28. The monoisotopic (exact) mass is 205 g/mol. The van der Waals surface area contributed by atoms with Gasteiger partial charge in [0.2, 0.25) is 0 Å². The zero-order chi connectivity index (χ0) is 10.8. The highest BCUT2D eigenvalue weighted by molar-refractivity contribution is 5.95. The first-order valence-electron chi connectivity index (χ1n) is 3.57. The summed E-state index contributed by atoms with van der Waals surface area (Å²) in [6, 6.07) is 0. The van der Waals surface area contributed by atoms with Crippen LogP contribution in [0.2, 0.25) is 0 Å². The molecule has 76 valence electrons. The summed E-state index contributed by atoms with van der Waals surface area (Å²) in [7, 11) is 0. The van der Waals surface area contributed by atoms with Crippen molar-refractivity contribution in [1.29, 1.82) is 0 Å². The Morgan fingerprint density at radius 1 is 1.36 bits per heavy atom. The van der Waals surface area contributed by atoms with Gasteiger partial charge in [0.1, 0.15) is 5.69 Å². The third kappa shape index (κ3) is 2.25. The fourth-order valence-electron chi connectivity index (χ4n) is 0.723. The molecule has 14 heavy (non-hydrogen) atoms. The van der Waals surface area contributed by atoms with Gasteiger partial charge in [0.25, 0.3) is 0 Å². The highest BCUT2D eigenvalue weighted by Gasteiger charge is 2.32. The number of ketones is 1. The normalized spacial score (nSPS) is 11.4. The molecule has 0 fully saturated rings. The van der Waals surface area contributed by atoms with Gasteiger partial charge in [-0.1, -0.05) is 0 Å². The molecule has 0 spiro atoms. The molecule has 0 bridgehead atoms. The van der Waals surface area contributed by atoms with Gasteiger partial charge >= 0.3 is 6.18 Å². The Morgan fingerprint density at radius 2 is 2.00 bits per heavy atom. The number of nitrogens with two attached hydrogens (primary N) is 1. The number of carbonyl (C=O) groups is 1. The smallest absolute Gasteiger partial charge is 0.324 e. The van der Waals surface area contributed by atoms with E-state index in [0.29, 0.717) is 6.20 Å². The minimum absolute atomic E-state index is 0.166. The van der Waals surface area contributed by atoms with Crippen LogP contribution in [0.1, 0.15) is 16.2 Å². The Labute approximate surface area is 77.0 Å². The van der Waals surface area contributed by atoms with Crippen LogP contribution in [0.15, 0.2) is 12.4 Å². The maximum Gasteiger partial charge on any atom is 0.434 e. The quantitative estimate of drug-likeness (QED) is 0.719. The molecule has 0 radical (unpaired) electrons. The summed E-state index contributed by atoms with van der Waals surface area (Å²) in [6.45, 7) is -0.306. The van der Waals surface area contributed by atoms with E-state index in [1.807, 2.05) is 0 Å². The molecule has 1 aromatic rings. The van der Waals surface area contributed by atoms with E-state index in [9.17, 15) is 18.0 Å². The predicted octanol–water partition coefficient (Wildman–Crippen LogP) is 0.637. The average Bonchev–Trinajstić information content (AvgIpc) is 2.15. The van der Waals surface area contributed by atoms with Gasteiger partial charge in [0.15, 0.2) is 11.5 Å². The number of aromatic nitrogens is 2. The lowest BCUT2D eigenvalue weighted by atomic mass is 10.3. The Balaban J connectivity index is 2.95. The largest absolute Gasteiger partial charge is 0.434 e. The SMILES string of the molecule is NCC(=O)c1cnc(C(F)(F)F)cn1. The fourth-order valence-corrected chi connectivity index (χ4v) is 0.723. The van der Waals surface area contributed by atoms with Gasteiger partial charge in [0, 0.05) is 0 Å². The first-order chi connectivity index (χ1) is 6.45. The van der Waals surface area contributed by atoms with E-state index in [4.69, 9.17) is 5.73 Å². The lowest BCUT2D eigenvalue weighted by Gasteiger charge is -2.04. The summed E-state index contributed by atoms with van der Waals surface area (Å²) in [5.41, 5.74) is 3.69. The molecule has 0 unspecified atom stereocenters. The van der Waals surface area contributed by atoms with Crippen LogP contribution in [-0.2, 0) is 6.18 Å². The summed E-state index contributed by atoms with van der Waals surface area (Å²) < 4.78 is 36.0. The van der Waals surface area contributed by atoms with Gasteiger partial charge < -0.3 is 5.73 Å². The van der Waals surface area contributed by atoms with E-state index < -0.39 is 17.7 Å². The van der Waals surface area contributed by atoms with Crippen LogP contribution >= 0.6 is 0 Å². The van der Waals surface area contributed by atoms with E-state index in [2.05, 4.69) is 9.97 Å². The zero-order valence-electron chi connectivity index (χ0n) is 6.88. The van der Waals surface area contributed by atoms with Crippen LogP contribution in [0, 0.1) is 0 Å². The molecule has 7 heteroatoms. The molecular formula is C7H6F3N3O. The van der Waals surface area contributed by atoms with Crippen LogP contribution in [0.3, 0.4) is 0 Å². The van der Waals surface area contributed by atoms with Gasteiger partial charge in [-0.3, -0.25) is 4.79 Å².